The van der Waals surface area contributed by atoms with Crippen LogP contribution in [0, 0.1) is 12.3 Å². The summed E-state index contributed by atoms with van der Waals surface area (Å²) in [5.74, 6) is 1.80. The zero-order valence-electron chi connectivity index (χ0n) is 6.70. The smallest absolute Gasteiger partial charge is 0.189 e. The summed E-state index contributed by atoms with van der Waals surface area (Å²) in [5.41, 5.74) is 0. The van der Waals surface area contributed by atoms with Crippen molar-refractivity contribution in [2.75, 3.05) is 5.75 Å². The average Bonchev–Trinajstić information content (AvgIpc) is 2.04. The molecule has 0 N–H and O–H groups in total. The van der Waals surface area contributed by atoms with Gasteiger partial charge in [0.25, 0.3) is 0 Å². The van der Waals surface area contributed by atoms with Gasteiger partial charge in [0.1, 0.15) is 5.75 Å². The Hall–Kier alpha value is -0.980. The predicted molar refractivity (Wildman–Crippen MR) is 52.3 cm³/mol. The molecule has 0 aliphatic heterocycles. The SMILES string of the molecule is C#CCS(=O)(=O)c1cccc(Cl)c1. The van der Waals surface area contributed by atoms with Crippen LogP contribution in [0.2, 0.25) is 5.02 Å². The van der Waals surface area contributed by atoms with Gasteiger partial charge in [0, 0.05) is 5.02 Å². The number of rotatable bonds is 2. The fraction of sp³-hybridized carbons (Fsp3) is 0.111. The largest absolute Gasteiger partial charge is 0.223 e. The van der Waals surface area contributed by atoms with Crippen molar-refractivity contribution in [2.45, 2.75) is 4.90 Å². The minimum Gasteiger partial charge on any atom is -0.223 e. The summed E-state index contributed by atoms with van der Waals surface area (Å²) in [6.45, 7) is 0. The average molecular weight is 215 g/mol. The highest BCUT2D eigenvalue weighted by Gasteiger charge is 2.12. The summed E-state index contributed by atoms with van der Waals surface area (Å²) in [4.78, 5) is 0.165. The molecule has 0 radical (unpaired) electrons. The summed E-state index contributed by atoms with van der Waals surface area (Å²) in [5, 5.41) is 0.387. The minimum absolute atomic E-state index is 0.165. The van der Waals surface area contributed by atoms with Gasteiger partial charge in [0.05, 0.1) is 4.90 Å². The van der Waals surface area contributed by atoms with Gasteiger partial charge in [0.15, 0.2) is 9.84 Å². The van der Waals surface area contributed by atoms with Crippen LogP contribution in [0.5, 0.6) is 0 Å². The summed E-state index contributed by atoms with van der Waals surface area (Å²) >= 11 is 5.63. The van der Waals surface area contributed by atoms with E-state index in [2.05, 4.69) is 5.92 Å². The highest BCUT2D eigenvalue weighted by molar-refractivity contribution is 7.91. The number of sulfone groups is 1. The Labute approximate surface area is 82.5 Å². The minimum atomic E-state index is -3.35. The molecule has 1 aromatic rings. The van der Waals surface area contributed by atoms with E-state index in [1.165, 1.54) is 12.1 Å². The predicted octanol–water partition coefficient (Wildman–Crippen LogP) is 1.75. The van der Waals surface area contributed by atoms with Crippen molar-refractivity contribution in [1.82, 2.24) is 0 Å². The number of hydrogen-bond acceptors (Lipinski definition) is 2. The van der Waals surface area contributed by atoms with Crippen molar-refractivity contribution in [3.05, 3.63) is 29.3 Å². The van der Waals surface area contributed by atoms with Gasteiger partial charge in [0.2, 0.25) is 0 Å². The van der Waals surface area contributed by atoms with Crippen LogP contribution >= 0.6 is 11.6 Å². The topological polar surface area (TPSA) is 34.1 Å². The molecule has 0 atom stereocenters. The van der Waals surface area contributed by atoms with Crippen molar-refractivity contribution in [3.63, 3.8) is 0 Å². The first-order valence-electron chi connectivity index (χ1n) is 3.48. The van der Waals surface area contributed by atoms with E-state index >= 15 is 0 Å². The summed E-state index contributed by atoms with van der Waals surface area (Å²) in [7, 11) is -3.35. The molecule has 68 valence electrons. The fourth-order valence-corrected chi connectivity index (χ4v) is 2.09. The maximum Gasteiger partial charge on any atom is 0.189 e. The van der Waals surface area contributed by atoms with Crippen LogP contribution in [0.25, 0.3) is 0 Å². The van der Waals surface area contributed by atoms with Crippen molar-refractivity contribution < 1.29 is 8.42 Å². The van der Waals surface area contributed by atoms with Crippen molar-refractivity contribution in [3.8, 4) is 12.3 Å². The van der Waals surface area contributed by atoms with Gasteiger partial charge >= 0.3 is 0 Å². The Morgan fingerprint density at radius 2 is 2.15 bits per heavy atom. The van der Waals surface area contributed by atoms with E-state index in [-0.39, 0.29) is 10.6 Å². The van der Waals surface area contributed by atoms with Gasteiger partial charge in [-0.1, -0.05) is 23.6 Å². The summed E-state index contributed by atoms with van der Waals surface area (Å²) in [6.07, 6.45) is 4.93. The van der Waals surface area contributed by atoms with Crippen LogP contribution in [-0.2, 0) is 9.84 Å². The van der Waals surface area contributed by atoms with Crippen molar-refractivity contribution in [1.29, 1.82) is 0 Å². The van der Waals surface area contributed by atoms with Crippen LogP contribution in [0.4, 0.5) is 0 Å². The van der Waals surface area contributed by atoms with Crippen molar-refractivity contribution >= 4 is 21.4 Å². The molecule has 1 rings (SSSR count). The quantitative estimate of drug-likeness (QED) is 0.703. The second-order valence-corrected chi connectivity index (χ2v) is 4.85. The molecule has 0 saturated heterocycles. The Kier molecular flexibility index (Phi) is 2.97. The van der Waals surface area contributed by atoms with Crippen LogP contribution in [0.3, 0.4) is 0 Å². The molecule has 0 aliphatic rings. The summed E-state index contributed by atoms with van der Waals surface area (Å²) in [6, 6.07) is 6.04. The highest BCUT2D eigenvalue weighted by Crippen LogP contribution is 2.16. The third-order valence-electron chi connectivity index (χ3n) is 1.43. The molecule has 1 aromatic carbocycles. The molecule has 0 fully saturated rings. The van der Waals surface area contributed by atoms with Gasteiger partial charge in [-0.25, -0.2) is 8.42 Å². The van der Waals surface area contributed by atoms with E-state index < -0.39 is 9.84 Å². The van der Waals surface area contributed by atoms with E-state index in [9.17, 15) is 8.42 Å². The molecule has 0 heterocycles. The van der Waals surface area contributed by atoms with Crippen molar-refractivity contribution in [2.24, 2.45) is 0 Å². The van der Waals surface area contributed by atoms with E-state index in [1.54, 1.807) is 12.1 Å². The fourth-order valence-electron chi connectivity index (χ4n) is 0.853. The Balaban J connectivity index is 3.17. The number of halogens is 1. The first-order valence-corrected chi connectivity index (χ1v) is 5.51. The maximum atomic E-state index is 11.4. The molecule has 13 heavy (non-hydrogen) atoms. The molecule has 0 aromatic heterocycles. The lowest BCUT2D eigenvalue weighted by molar-refractivity contribution is 0.599. The zero-order chi connectivity index (χ0) is 9.90. The van der Waals surface area contributed by atoms with Gasteiger partial charge < -0.3 is 0 Å². The number of terminal acetylenes is 1. The van der Waals surface area contributed by atoms with Crippen LogP contribution in [-0.4, -0.2) is 14.2 Å². The standard InChI is InChI=1S/C9H7ClO2S/c1-2-6-13(11,12)9-5-3-4-8(10)7-9/h1,3-5,7H,6H2. The van der Waals surface area contributed by atoms with E-state index in [0.717, 1.165) is 0 Å². The summed E-state index contributed by atoms with van der Waals surface area (Å²) < 4.78 is 22.8. The molecule has 0 aliphatic carbocycles. The third-order valence-corrected chi connectivity index (χ3v) is 3.18. The van der Waals surface area contributed by atoms with Gasteiger partial charge in [-0.05, 0) is 18.2 Å². The zero-order valence-corrected chi connectivity index (χ0v) is 8.27. The van der Waals surface area contributed by atoms with Gasteiger partial charge in [-0.15, -0.1) is 6.42 Å². The second kappa shape index (κ2) is 3.82. The first kappa shape index (κ1) is 10.1. The molecule has 2 nitrogen and oxygen atoms in total. The molecule has 0 spiro atoms. The van der Waals surface area contributed by atoms with E-state index in [0.29, 0.717) is 5.02 Å². The van der Waals surface area contributed by atoms with Crippen LogP contribution < -0.4 is 0 Å². The number of benzene rings is 1. The highest BCUT2D eigenvalue weighted by atomic mass is 35.5. The lowest BCUT2D eigenvalue weighted by Crippen LogP contribution is -2.04. The molecule has 0 unspecified atom stereocenters. The monoisotopic (exact) mass is 214 g/mol. The van der Waals surface area contributed by atoms with E-state index in [4.69, 9.17) is 18.0 Å². The molecule has 4 heteroatoms. The van der Waals surface area contributed by atoms with Crippen LogP contribution in [0.1, 0.15) is 0 Å². The molecule has 0 bridgehead atoms. The Morgan fingerprint density at radius 1 is 1.46 bits per heavy atom. The van der Waals surface area contributed by atoms with Crippen LogP contribution in [0.15, 0.2) is 29.2 Å². The molecule has 0 amide bonds. The Morgan fingerprint density at radius 3 is 2.69 bits per heavy atom. The normalized spacial score (nSPS) is 10.8. The van der Waals surface area contributed by atoms with Gasteiger partial charge in [-0.3, -0.25) is 0 Å². The lowest BCUT2D eigenvalue weighted by Gasteiger charge is -1.99. The Bertz CT molecular complexity index is 443. The number of hydrogen-bond donors (Lipinski definition) is 0. The molecule has 0 saturated carbocycles. The maximum absolute atomic E-state index is 11.4. The third kappa shape index (κ3) is 2.48. The lowest BCUT2D eigenvalue weighted by atomic mass is 10.4. The molecular weight excluding hydrogens is 208 g/mol. The van der Waals surface area contributed by atoms with E-state index in [1.807, 2.05) is 0 Å². The van der Waals surface area contributed by atoms with Gasteiger partial charge in [-0.2, -0.15) is 0 Å². The first-order chi connectivity index (χ1) is 6.06. The molecular formula is C9H7ClO2S. The second-order valence-electron chi connectivity index (χ2n) is 2.42.